The number of rotatable bonds is 1. The van der Waals surface area contributed by atoms with Crippen molar-refractivity contribution in [1.29, 1.82) is 0 Å². The van der Waals surface area contributed by atoms with Gasteiger partial charge in [-0.05, 0) is 22.9 Å². The third-order valence-corrected chi connectivity index (χ3v) is 6.05. The van der Waals surface area contributed by atoms with Crippen molar-refractivity contribution in [3.05, 3.63) is 90.8 Å². The molecule has 0 saturated heterocycles. The molecule has 0 saturated carbocycles. The molecular formula is C25H13F2N5. The van der Waals surface area contributed by atoms with Crippen LogP contribution in [0.25, 0.3) is 54.8 Å². The van der Waals surface area contributed by atoms with E-state index in [1.165, 1.54) is 12.1 Å². The lowest BCUT2D eigenvalue weighted by Gasteiger charge is -2.08. The first-order valence-electron chi connectivity index (χ1n) is 10.1. The Kier molecular flexibility index (Phi) is 3.28. The van der Waals surface area contributed by atoms with Crippen LogP contribution in [-0.2, 0) is 0 Å². The highest BCUT2D eigenvalue weighted by molar-refractivity contribution is 6.23. The molecule has 0 aliphatic carbocycles. The molecule has 0 fully saturated rings. The van der Waals surface area contributed by atoms with Gasteiger partial charge >= 0.3 is 0 Å². The summed E-state index contributed by atoms with van der Waals surface area (Å²) in [6.45, 7) is 0. The van der Waals surface area contributed by atoms with Gasteiger partial charge in [-0.25, -0.2) is 18.4 Å². The molecule has 0 N–H and O–H groups in total. The molecule has 7 heteroatoms. The molecule has 0 atom stereocenters. The van der Waals surface area contributed by atoms with E-state index in [0.29, 0.717) is 22.2 Å². The van der Waals surface area contributed by atoms with E-state index in [4.69, 9.17) is 0 Å². The van der Waals surface area contributed by atoms with Gasteiger partial charge in [-0.2, -0.15) is 0 Å². The fourth-order valence-electron chi connectivity index (χ4n) is 4.71. The number of aromatic nitrogens is 5. The van der Waals surface area contributed by atoms with E-state index >= 15 is 0 Å². The van der Waals surface area contributed by atoms with Gasteiger partial charge in [0.2, 0.25) is 0 Å². The molecule has 4 aromatic carbocycles. The summed E-state index contributed by atoms with van der Waals surface area (Å²) in [4.78, 5) is 4.51. The van der Waals surface area contributed by atoms with Gasteiger partial charge in [0.15, 0.2) is 17.3 Å². The van der Waals surface area contributed by atoms with E-state index in [0.717, 1.165) is 32.6 Å². The summed E-state index contributed by atoms with van der Waals surface area (Å²) in [5, 5.41) is 13.6. The van der Waals surface area contributed by atoms with E-state index in [9.17, 15) is 8.78 Å². The molecule has 7 rings (SSSR count). The fourth-order valence-corrected chi connectivity index (χ4v) is 4.71. The summed E-state index contributed by atoms with van der Waals surface area (Å²) in [6.07, 6.45) is 3.43. The zero-order valence-electron chi connectivity index (χ0n) is 16.5. The molecule has 0 spiro atoms. The minimum Gasteiger partial charge on any atom is -0.299 e. The molecule has 0 aliphatic rings. The highest BCUT2D eigenvalue weighted by Gasteiger charge is 2.22. The largest absolute Gasteiger partial charge is 0.299 e. The number of fused-ring (bicyclic) bond motifs is 9. The standard InChI is InChI=1S/C25H13F2N5/c26-19-12-18-21(13-20(19)27)31-11-5-10-28-25(31)24(18)32-23-17-9-4-2-7-15(17)14-6-1-3-8-16(14)22(23)29-30-32/h1-13H. The van der Waals surface area contributed by atoms with E-state index in [1.807, 2.05) is 36.4 Å². The van der Waals surface area contributed by atoms with Crippen LogP contribution in [0.2, 0.25) is 0 Å². The SMILES string of the molecule is Fc1cc2c(-n3nnc4c5ccccc5c5ccccc5c43)c3ncccn3c2cc1F. The van der Waals surface area contributed by atoms with Gasteiger partial charge in [-0.3, -0.25) is 4.40 Å². The molecule has 152 valence electrons. The topological polar surface area (TPSA) is 48.0 Å². The Bertz CT molecular complexity index is 1870. The lowest BCUT2D eigenvalue weighted by atomic mass is 10.00. The smallest absolute Gasteiger partial charge is 0.164 e. The number of benzene rings is 4. The molecule has 3 heterocycles. The molecule has 3 aromatic heterocycles. The Morgan fingerprint density at radius 3 is 2.22 bits per heavy atom. The van der Waals surface area contributed by atoms with Gasteiger partial charge in [-0.15, -0.1) is 5.10 Å². The average molecular weight is 421 g/mol. The van der Waals surface area contributed by atoms with Crippen LogP contribution in [0.4, 0.5) is 8.78 Å². The van der Waals surface area contributed by atoms with Gasteiger partial charge in [0.1, 0.15) is 16.7 Å². The quantitative estimate of drug-likeness (QED) is 0.315. The summed E-state index contributed by atoms with van der Waals surface area (Å²) in [7, 11) is 0. The number of halogens is 2. The Labute approximate surface area is 179 Å². The van der Waals surface area contributed by atoms with Crippen molar-refractivity contribution in [2.24, 2.45) is 0 Å². The van der Waals surface area contributed by atoms with Crippen molar-refractivity contribution in [2.75, 3.05) is 0 Å². The first-order chi connectivity index (χ1) is 15.7. The molecule has 5 nitrogen and oxygen atoms in total. The number of hydrogen-bond donors (Lipinski definition) is 0. The first-order valence-corrected chi connectivity index (χ1v) is 10.1. The molecule has 0 radical (unpaired) electrons. The van der Waals surface area contributed by atoms with Crippen LogP contribution in [-0.4, -0.2) is 24.4 Å². The Balaban J connectivity index is 1.74. The van der Waals surface area contributed by atoms with Gasteiger partial charge in [0.25, 0.3) is 0 Å². The van der Waals surface area contributed by atoms with Crippen molar-refractivity contribution in [3.63, 3.8) is 0 Å². The third-order valence-electron chi connectivity index (χ3n) is 6.05. The van der Waals surface area contributed by atoms with Crippen LogP contribution >= 0.6 is 0 Å². The Hall–Kier alpha value is -4.39. The second-order valence-electron chi connectivity index (χ2n) is 7.74. The third kappa shape index (κ3) is 2.12. The van der Waals surface area contributed by atoms with Gasteiger partial charge in [0, 0.05) is 34.6 Å². The Morgan fingerprint density at radius 1 is 0.719 bits per heavy atom. The first kappa shape index (κ1) is 17.3. The maximum atomic E-state index is 14.3. The summed E-state index contributed by atoms with van der Waals surface area (Å²) in [6, 6.07) is 20.3. The average Bonchev–Trinajstić information content (AvgIpc) is 3.39. The molecule has 0 amide bonds. The highest BCUT2D eigenvalue weighted by Crippen LogP contribution is 2.37. The zero-order valence-corrected chi connectivity index (χ0v) is 16.5. The van der Waals surface area contributed by atoms with Crippen LogP contribution in [0, 0.1) is 11.6 Å². The summed E-state index contributed by atoms with van der Waals surface area (Å²) in [5.41, 5.74) is 3.14. The van der Waals surface area contributed by atoms with Gasteiger partial charge < -0.3 is 0 Å². The van der Waals surface area contributed by atoms with Crippen LogP contribution in [0.1, 0.15) is 0 Å². The van der Waals surface area contributed by atoms with Crippen LogP contribution < -0.4 is 0 Å². The summed E-state index contributed by atoms with van der Waals surface area (Å²) >= 11 is 0. The maximum absolute atomic E-state index is 14.3. The molecule has 0 bridgehead atoms. The minimum absolute atomic E-state index is 0.506. The minimum atomic E-state index is -0.922. The van der Waals surface area contributed by atoms with E-state index < -0.39 is 11.6 Å². The van der Waals surface area contributed by atoms with Crippen molar-refractivity contribution in [3.8, 4) is 5.69 Å². The summed E-state index contributed by atoms with van der Waals surface area (Å²) < 4.78 is 31.9. The molecule has 32 heavy (non-hydrogen) atoms. The molecular weight excluding hydrogens is 408 g/mol. The number of nitrogens with zero attached hydrogens (tertiary/aromatic N) is 5. The predicted molar refractivity (Wildman–Crippen MR) is 120 cm³/mol. The summed E-state index contributed by atoms with van der Waals surface area (Å²) in [5.74, 6) is -1.83. The van der Waals surface area contributed by atoms with E-state index in [-0.39, 0.29) is 0 Å². The second kappa shape index (κ2) is 6.07. The predicted octanol–water partition coefficient (Wildman–Crippen LogP) is 5.81. The molecule has 0 unspecified atom stereocenters. The zero-order chi connectivity index (χ0) is 21.4. The maximum Gasteiger partial charge on any atom is 0.164 e. The fraction of sp³-hybridized carbons (Fsp3) is 0. The van der Waals surface area contributed by atoms with E-state index in [2.05, 4.69) is 27.4 Å². The van der Waals surface area contributed by atoms with Crippen molar-refractivity contribution >= 4 is 49.1 Å². The monoisotopic (exact) mass is 421 g/mol. The lowest BCUT2D eigenvalue weighted by molar-refractivity contribution is 0.510. The van der Waals surface area contributed by atoms with Crippen molar-refractivity contribution in [1.82, 2.24) is 24.4 Å². The van der Waals surface area contributed by atoms with E-state index in [1.54, 1.807) is 27.5 Å². The molecule has 0 aliphatic heterocycles. The van der Waals surface area contributed by atoms with Crippen molar-refractivity contribution in [2.45, 2.75) is 0 Å². The normalized spacial score (nSPS) is 12.1. The highest BCUT2D eigenvalue weighted by atomic mass is 19.2. The van der Waals surface area contributed by atoms with Crippen LogP contribution in [0.15, 0.2) is 79.1 Å². The van der Waals surface area contributed by atoms with Gasteiger partial charge in [0.05, 0.1) is 5.52 Å². The Morgan fingerprint density at radius 2 is 1.41 bits per heavy atom. The van der Waals surface area contributed by atoms with Gasteiger partial charge in [-0.1, -0.05) is 53.7 Å². The second-order valence-corrected chi connectivity index (χ2v) is 7.74. The van der Waals surface area contributed by atoms with Crippen molar-refractivity contribution < 1.29 is 8.78 Å². The lowest BCUT2D eigenvalue weighted by Crippen LogP contribution is -1.99. The number of hydrogen-bond acceptors (Lipinski definition) is 3. The van der Waals surface area contributed by atoms with Crippen LogP contribution in [0.3, 0.4) is 0 Å². The van der Waals surface area contributed by atoms with Crippen LogP contribution in [0.5, 0.6) is 0 Å². The molecule has 7 aromatic rings.